The van der Waals surface area contributed by atoms with Crippen molar-refractivity contribution < 1.29 is 42.7 Å². The molecule has 6 rings (SSSR count). The predicted octanol–water partition coefficient (Wildman–Crippen LogP) is 2.27. The third-order valence-electron chi connectivity index (χ3n) is 9.83. The van der Waals surface area contributed by atoms with Crippen molar-refractivity contribution in [3.63, 3.8) is 0 Å². The largest absolute Gasteiger partial charge is 0.448 e. The van der Waals surface area contributed by atoms with Crippen LogP contribution >= 0.6 is 23.5 Å². The highest BCUT2D eigenvalue weighted by Crippen LogP contribution is 2.48. The van der Waals surface area contributed by atoms with Gasteiger partial charge in [0.25, 0.3) is 11.6 Å². The van der Waals surface area contributed by atoms with Crippen molar-refractivity contribution in [3.8, 4) is 0 Å². The van der Waals surface area contributed by atoms with Gasteiger partial charge >= 0.3 is 23.8 Å². The van der Waals surface area contributed by atoms with Crippen molar-refractivity contribution in [3.05, 3.63) is 83.1 Å². The lowest BCUT2D eigenvalue weighted by molar-refractivity contribution is -0.193. The molecule has 0 spiro atoms. The molecule has 6 amide bonds. The minimum atomic E-state index is -2.34. The number of methoxy groups -OCH3 is 1. The molecule has 1 unspecified atom stereocenters. The Labute approximate surface area is 350 Å². The lowest BCUT2D eigenvalue weighted by atomic mass is 9.97. The molecule has 21 heteroatoms. The maximum atomic E-state index is 14.6. The van der Waals surface area contributed by atoms with Crippen LogP contribution in [0.4, 0.5) is 4.79 Å². The van der Waals surface area contributed by atoms with Gasteiger partial charge in [-0.2, -0.15) is 0 Å². The maximum absolute atomic E-state index is 14.6. The number of hydrogen-bond acceptors (Lipinski definition) is 14. The summed E-state index contributed by atoms with van der Waals surface area (Å²) >= 11 is 2.54. The molecule has 0 radical (unpaired) electrons. The molecule has 3 aromatic rings. The molecule has 3 aliphatic heterocycles. The Morgan fingerprint density at radius 1 is 1.00 bits per heavy atom. The van der Waals surface area contributed by atoms with E-state index < -0.39 is 73.3 Å². The molecule has 4 atom stereocenters. The zero-order valence-electron chi connectivity index (χ0n) is 33.7. The zero-order chi connectivity index (χ0) is 42.6. The van der Waals surface area contributed by atoms with Crippen molar-refractivity contribution in [1.29, 1.82) is 0 Å². The van der Waals surface area contributed by atoms with Gasteiger partial charge in [-0.1, -0.05) is 72.4 Å². The highest BCUT2D eigenvalue weighted by Gasteiger charge is 2.67. The second-order valence-corrected chi connectivity index (χ2v) is 21.4. The van der Waals surface area contributed by atoms with Gasteiger partial charge in [-0.25, -0.2) is 14.3 Å². The Kier molecular flexibility index (Phi) is 13.3. The van der Waals surface area contributed by atoms with Crippen LogP contribution in [0.1, 0.15) is 31.1 Å². The third kappa shape index (κ3) is 9.08. The van der Waals surface area contributed by atoms with Crippen LogP contribution in [0.15, 0.2) is 77.1 Å². The van der Waals surface area contributed by atoms with E-state index in [0.717, 1.165) is 4.90 Å². The highest BCUT2D eigenvalue weighted by atomic mass is 32.2. The van der Waals surface area contributed by atoms with Crippen molar-refractivity contribution in [1.82, 2.24) is 45.5 Å². The molecule has 3 aliphatic rings. The summed E-state index contributed by atoms with van der Waals surface area (Å²) in [7, 11) is 0.607. The van der Waals surface area contributed by atoms with Crippen LogP contribution in [0.5, 0.6) is 0 Å². The number of imide groups is 1. The van der Waals surface area contributed by atoms with E-state index in [0.29, 0.717) is 28.4 Å². The van der Waals surface area contributed by atoms with Gasteiger partial charge < -0.3 is 29.4 Å². The van der Waals surface area contributed by atoms with Crippen LogP contribution in [0.2, 0.25) is 19.6 Å². The minimum absolute atomic E-state index is 0.00477. The van der Waals surface area contributed by atoms with Crippen LogP contribution in [0.3, 0.4) is 0 Å². The average Bonchev–Trinajstić information content (AvgIpc) is 3.64. The fourth-order valence-electron chi connectivity index (χ4n) is 6.95. The third-order valence-corrected chi connectivity index (χ3v) is 13.4. The fraction of sp³-hybridized carbons (Fsp3) is 0.447. The van der Waals surface area contributed by atoms with Gasteiger partial charge in [-0.15, -0.1) is 16.9 Å². The van der Waals surface area contributed by atoms with Crippen molar-refractivity contribution >= 4 is 67.5 Å². The first kappa shape index (κ1) is 43.5. The number of aryl methyl sites for hydroxylation is 1. The summed E-state index contributed by atoms with van der Waals surface area (Å²) < 4.78 is 19.8. The molecule has 4 heterocycles. The van der Waals surface area contributed by atoms with E-state index in [4.69, 9.17) is 13.9 Å². The number of β-lactam (4-membered cyclic amide) rings is 1. The topological polar surface area (TPSA) is 207 Å². The molecule has 314 valence electrons. The molecule has 18 nitrogen and oxygen atoms in total. The normalized spacial score (nSPS) is 20.6. The minimum Gasteiger partial charge on any atom is -0.448 e. The Morgan fingerprint density at radius 3 is 2.20 bits per heavy atom. The molecule has 0 saturated carbocycles. The number of urea groups is 1. The Balaban J connectivity index is 1.30. The number of benzene rings is 2. The first-order valence-electron chi connectivity index (χ1n) is 18.9. The smallest absolute Gasteiger partial charge is 0.356 e. The quantitative estimate of drug-likeness (QED) is 0.0562. The van der Waals surface area contributed by atoms with Gasteiger partial charge in [-0.3, -0.25) is 29.0 Å². The number of thioether (sulfide) groups is 2. The summed E-state index contributed by atoms with van der Waals surface area (Å²) in [4.78, 5) is 85.9. The van der Waals surface area contributed by atoms with E-state index in [9.17, 15) is 28.8 Å². The molecule has 2 N–H and O–H groups in total. The van der Waals surface area contributed by atoms with Gasteiger partial charge in [0.1, 0.15) is 17.1 Å². The van der Waals surface area contributed by atoms with Crippen LogP contribution in [-0.2, 0) is 44.9 Å². The summed E-state index contributed by atoms with van der Waals surface area (Å²) in [6.45, 7) is 9.37. The van der Waals surface area contributed by atoms with Crippen molar-refractivity contribution in [2.45, 2.75) is 68.0 Å². The zero-order valence-corrected chi connectivity index (χ0v) is 36.4. The van der Waals surface area contributed by atoms with Crippen LogP contribution in [0, 0.1) is 0 Å². The second kappa shape index (κ2) is 18.0. The summed E-state index contributed by atoms with van der Waals surface area (Å²) in [5, 5.41) is 16.5. The van der Waals surface area contributed by atoms with E-state index in [1.165, 1.54) is 45.1 Å². The molecule has 2 saturated heterocycles. The average molecular weight is 866 g/mol. The molecule has 1 aromatic heterocycles. The fourth-order valence-corrected chi connectivity index (χ4v) is 10.6. The molecule has 0 bridgehead atoms. The molecule has 59 heavy (non-hydrogen) atoms. The first-order chi connectivity index (χ1) is 28.1. The number of fused-ring (bicyclic) bond motifs is 1. The van der Waals surface area contributed by atoms with Crippen molar-refractivity contribution in [2.75, 3.05) is 38.2 Å². The Hall–Kier alpha value is -5.09. The van der Waals surface area contributed by atoms with Gasteiger partial charge in [0, 0.05) is 45.3 Å². The number of hydrogen-bond donors (Lipinski definition) is 2. The van der Waals surface area contributed by atoms with Crippen molar-refractivity contribution in [2.24, 2.45) is 7.05 Å². The maximum Gasteiger partial charge on any atom is 0.356 e. The van der Waals surface area contributed by atoms with E-state index >= 15 is 0 Å². The Morgan fingerprint density at radius 2 is 1.64 bits per heavy atom. The van der Waals surface area contributed by atoms with E-state index in [1.54, 1.807) is 20.9 Å². The van der Waals surface area contributed by atoms with Gasteiger partial charge in [0.05, 0.1) is 6.10 Å². The van der Waals surface area contributed by atoms with Gasteiger partial charge in [-0.05, 0) is 60.6 Å². The van der Waals surface area contributed by atoms with Crippen LogP contribution in [-0.4, -0.2) is 140 Å². The molecule has 2 fully saturated rings. The number of nitrogens with one attached hydrogen (secondary N) is 2. The number of carbonyl (C=O) groups excluding carboxylic acids is 6. The number of carbonyl (C=O) groups is 6. The summed E-state index contributed by atoms with van der Waals surface area (Å²) in [5.74, 6) is -3.77. The number of piperazine rings is 1. The lowest BCUT2D eigenvalue weighted by Gasteiger charge is -2.56. The van der Waals surface area contributed by atoms with E-state index in [2.05, 4.69) is 26.2 Å². The number of esters is 1. The molecule has 0 aliphatic carbocycles. The SMILES string of the molecule is CCN1CCN(C(=O)N[C@H](C(=O)N[C@@]2(OC)C(=O)N3C(C(=O)OC(c4ccccc4)c4ccccc4)=C(CSc4nnnn4C)CSC32)[C@@H](C)O[Si](C)(C)C)C(=O)C1=O. The second-order valence-electron chi connectivity index (χ2n) is 14.9. The lowest BCUT2D eigenvalue weighted by Crippen LogP contribution is -2.81. The Bertz CT molecular complexity index is 2080. The van der Waals surface area contributed by atoms with Gasteiger partial charge in [0.15, 0.2) is 14.4 Å². The number of ether oxygens (including phenoxy) is 2. The first-order valence-corrected chi connectivity index (χ1v) is 24.3. The number of likely N-dealkylation sites (N-methyl/N-ethyl adjacent to an activating group) is 1. The summed E-state index contributed by atoms with van der Waals surface area (Å²) in [5.41, 5.74) is 0.000878. The molecular weight excluding hydrogens is 819 g/mol. The number of rotatable bonds is 15. The van der Waals surface area contributed by atoms with E-state index in [-0.39, 0.29) is 30.3 Å². The number of nitrogens with zero attached hydrogens (tertiary/aromatic N) is 7. The number of amides is 6. The standard InChI is InChI=1S/C38H47N9O9S2Si/c1-8-45-19-20-46(32(50)31(45)49)36(53)39-27(23(2)56-59(5,6)7)30(48)40-38(54-4)34(52)47-28(26(21-57-35(38)47)22-58-37-41-42-43-44(37)3)33(51)55-29(24-15-11-9-12-16-24)25-17-13-10-14-18-25/h9-18,23,27,29,35H,8,19-22H2,1-7H3,(H,39,53)(H,40,48)/t23-,27+,35?,38-/m1/s1. The van der Waals surface area contributed by atoms with Crippen LogP contribution < -0.4 is 10.6 Å². The number of tetrazole rings is 1. The summed E-state index contributed by atoms with van der Waals surface area (Å²) in [6.07, 6.45) is -1.76. The predicted molar refractivity (Wildman–Crippen MR) is 219 cm³/mol. The van der Waals surface area contributed by atoms with Crippen LogP contribution in [0.25, 0.3) is 0 Å². The number of aromatic nitrogens is 4. The molecule has 2 aromatic carbocycles. The summed E-state index contributed by atoms with van der Waals surface area (Å²) in [6, 6.07) is 16.0. The highest BCUT2D eigenvalue weighted by molar-refractivity contribution is 8.01. The van der Waals surface area contributed by atoms with Gasteiger partial charge in [0.2, 0.25) is 11.1 Å². The molecular formula is C38H47N9O9S2Si. The van der Waals surface area contributed by atoms with E-state index in [1.807, 2.05) is 80.3 Å². The monoisotopic (exact) mass is 865 g/mol.